The molecule has 28 heavy (non-hydrogen) atoms. The van der Waals surface area contributed by atoms with Crippen molar-refractivity contribution in [2.75, 3.05) is 14.2 Å². The van der Waals surface area contributed by atoms with Gasteiger partial charge in [0.15, 0.2) is 5.82 Å². The van der Waals surface area contributed by atoms with Gasteiger partial charge in [0.25, 0.3) is 5.56 Å². The van der Waals surface area contributed by atoms with Crippen molar-refractivity contribution >= 4 is 16.9 Å². The zero-order valence-electron chi connectivity index (χ0n) is 15.3. The summed E-state index contributed by atoms with van der Waals surface area (Å²) in [6.07, 6.45) is 0. The van der Waals surface area contributed by atoms with Crippen molar-refractivity contribution in [3.63, 3.8) is 0 Å². The molecule has 0 bridgehead atoms. The molecule has 0 fully saturated rings. The number of methoxy groups -OCH3 is 2. The Morgan fingerprint density at radius 1 is 1.11 bits per heavy atom. The molecule has 3 rings (SSSR count). The summed E-state index contributed by atoms with van der Waals surface area (Å²) in [7, 11) is 2.86. The van der Waals surface area contributed by atoms with Crippen molar-refractivity contribution in [3.8, 4) is 17.6 Å². The fourth-order valence-corrected chi connectivity index (χ4v) is 2.81. The number of nitrogens with zero attached hydrogens (tertiary/aromatic N) is 3. The van der Waals surface area contributed by atoms with Gasteiger partial charge in [-0.05, 0) is 24.3 Å². The van der Waals surface area contributed by atoms with Crippen LogP contribution < -0.4 is 15.0 Å². The van der Waals surface area contributed by atoms with Crippen molar-refractivity contribution in [2.45, 2.75) is 13.2 Å². The van der Waals surface area contributed by atoms with E-state index in [1.165, 1.54) is 18.8 Å². The van der Waals surface area contributed by atoms with Gasteiger partial charge in [-0.25, -0.2) is 9.78 Å². The summed E-state index contributed by atoms with van der Waals surface area (Å²) in [4.78, 5) is 29.7. The molecule has 3 aromatic rings. The number of aromatic nitrogens is 2. The molecule has 142 valence electrons. The van der Waals surface area contributed by atoms with Gasteiger partial charge in [-0.2, -0.15) is 5.26 Å². The standard InChI is InChI=1S/C20H17N3O5/c1-26-15-8-5-9-16(27-2)18(15)20(25)28-12-17-22-14-7-4-3-6-13(14)19(24)23(17)11-10-21/h3-9H,11-12H2,1-2H3. The molecule has 0 aliphatic heterocycles. The number of carbonyl (C=O) groups excluding carboxylic acids is 1. The van der Waals surface area contributed by atoms with Gasteiger partial charge in [-0.15, -0.1) is 0 Å². The average molecular weight is 379 g/mol. The number of esters is 1. The van der Waals surface area contributed by atoms with Crippen LogP contribution >= 0.6 is 0 Å². The highest BCUT2D eigenvalue weighted by Gasteiger charge is 2.21. The number of rotatable bonds is 6. The van der Waals surface area contributed by atoms with E-state index < -0.39 is 5.97 Å². The van der Waals surface area contributed by atoms with E-state index in [0.29, 0.717) is 22.4 Å². The number of benzene rings is 2. The van der Waals surface area contributed by atoms with Crippen LogP contribution in [0.2, 0.25) is 0 Å². The molecule has 0 aliphatic rings. The minimum absolute atomic E-state index is 0.127. The normalized spacial score (nSPS) is 10.3. The second-order valence-corrected chi connectivity index (χ2v) is 5.71. The first-order valence-corrected chi connectivity index (χ1v) is 8.34. The van der Waals surface area contributed by atoms with Gasteiger partial charge >= 0.3 is 5.97 Å². The molecule has 1 heterocycles. The lowest BCUT2D eigenvalue weighted by molar-refractivity contribution is 0.0450. The highest BCUT2D eigenvalue weighted by molar-refractivity contribution is 5.95. The van der Waals surface area contributed by atoms with Crippen LogP contribution in [0.15, 0.2) is 47.3 Å². The van der Waals surface area contributed by atoms with Crippen LogP contribution in [0.4, 0.5) is 0 Å². The van der Waals surface area contributed by atoms with E-state index in [4.69, 9.17) is 19.5 Å². The van der Waals surface area contributed by atoms with Gasteiger partial charge in [-0.1, -0.05) is 18.2 Å². The van der Waals surface area contributed by atoms with Crippen LogP contribution in [0, 0.1) is 11.3 Å². The maximum absolute atomic E-state index is 12.6. The van der Waals surface area contributed by atoms with Crippen molar-refractivity contribution in [1.29, 1.82) is 5.26 Å². The van der Waals surface area contributed by atoms with E-state index in [2.05, 4.69) is 4.98 Å². The third-order valence-electron chi connectivity index (χ3n) is 4.13. The van der Waals surface area contributed by atoms with Gasteiger partial charge in [0.1, 0.15) is 30.2 Å². The first-order chi connectivity index (χ1) is 13.6. The number of hydrogen-bond donors (Lipinski definition) is 0. The first-order valence-electron chi connectivity index (χ1n) is 8.34. The lowest BCUT2D eigenvalue weighted by atomic mass is 10.2. The van der Waals surface area contributed by atoms with Gasteiger partial charge in [0.05, 0.1) is 31.2 Å². The zero-order valence-corrected chi connectivity index (χ0v) is 15.3. The van der Waals surface area contributed by atoms with Crippen molar-refractivity contribution in [2.24, 2.45) is 0 Å². The van der Waals surface area contributed by atoms with Gasteiger partial charge in [0, 0.05) is 0 Å². The number of hydrogen-bond acceptors (Lipinski definition) is 7. The van der Waals surface area contributed by atoms with Gasteiger partial charge < -0.3 is 14.2 Å². The molecule has 0 atom stereocenters. The molecule has 0 aliphatic carbocycles. The van der Waals surface area contributed by atoms with Crippen molar-refractivity contribution in [3.05, 3.63) is 64.2 Å². The molecule has 0 spiro atoms. The number of para-hydroxylation sites is 1. The molecule has 0 radical (unpaired) electrons. The SMILES string of the molecule is COc1cccc(OC)c1C(=O)OCc1nc2ccccc2c(=O)n1CC#N. The van der Waals surface area contributed by atoms with E-state index >= 15 is 0 Å². The highest BCUT2D eigenvalue weighted by atomic mass is 16.5. The molecule has 2 aromatic carbocycles. The van der Waals surface area contributed by atoms with Crippen molar-refractivity contribution in [1.82, 2.24) is 9.55 Å². The summed E-state index contributed by atoms with van der Waals surface area (Å²) in [5, 5.41) is 9.44. The average Bonchev–Trinajstić information content (AvgIpc) is 2.73. The van der Waals surface area contributed by atoms with Gasteiger partial charge in [0.2, 0.25) is 0 Å². The molecule has 0 saturated carbocycles. The fraction of sp³-hybridized carbons (Fsp3) is 0.200. The molecule has 0 N–H and O–H groups in total. The quantitative estimate of drug-likeness (QED) is 0.605. The van der Waals surface area contributed by atoms with E-state index in [1.807, 2.05) is 6.07 Å². The summed E-state index contributed by atoms with van der Waals surface area (Å²) in [6.45, 7) is -0.497. The Kier molecular flexibility index (Phi) is 5.56. The highest BCUT2D eigenvalue weighted by Crippen LogP contribution is 2.29. The number of nitriles is 1. The summed E-state index contributed by atoms with van der Waals surface area (Å²) >= 11 is 0. The number of carbonyl (C=O) groups is 1. The fourth-order valence-electron chi connectivity index (χ4n) is 2.81. The predicted octanol–water partition coefficient (Wildman–Crippen LogP) is 2.29. The Hall–Kier alpha value is -3.86. The molecule has 0 saturated heterocycles. The molecule has 8 heteroatoms. The molecule has 0 amide bonds. The Morgan fingerprint density at radius 2 is 1.79 bits per heavy atom. The Bertz CT molecular complexity index is 1110. The number of ether oxygens (including phenoxy) is 3. The maximum Gasteiger partial charge on any atom is 0.346 e. The van der Waals surface area contributed by atoms with E-state index in [1.54, 1.807) is 42.5 Å². The van der Waals surface area contributed by atoms with E-state index in [-0.39, 0.29) is 30.1 Å². The third-order valence-corrected chi connectivity index (χ3v) is 4.13. The summed E-state index contributed by atoms with van der Waals surface area (Å²) in [6, 6.07) is 13.6. The minimum Gasteiger partial charge on any atom is -0.496 e. The van der Waals surface area contributed by atoms with Crippen LogP contribution in [0.1, 0.15) is 16.2 Å². The lowest BCUT2D eigenvalue weighted by Gasteiger charge is -2.14. The second-order valence-electron chi connectivity index (χ2n) is 5.71. The maximum atomic E-state index is 12.6. The third kappa shape index (κ3) is 3.50. The molecule has 1 aromatic heterocycles. The minimum atomic E-state index is -0.694. The topological polar surface area (TPSA) is 103 Å². The Labute approximate surface area is 160 Å². The van der Waals surface area contributed by atoms with Crippen LogP contribution in [-0.4, -0.2) is 29.7 Å². The summed E-state index contributed by atoms with van der Waals surface area (Å²) in [5.41, 5.74) is 0.221. The monoisotopic (exact) mass is 379 g/mol. The lowest BCUT2D eigenvalue weighted by Crippen LogP contribution is -2.26. The smallest absolute Gasteiger partial charge is 0.346 e. The van der Waals surface area contributed by atoms with Crippen LogP contribution in [0.5, 0.6) is 11.5 Å². The molecular weight excluding hydrogens is 362 g/mol. The Morgan fingerprint density at radius 3 is 2.43 bits per heavy atom. The largest absolute Gasteiger partial charge is 0.496 e. The molecular formula is C20H17N3O5. The predicted molar refractivity (Wildman–Crippen MR) is 100 cm³/mol. The van der Waals surface area contributed by atoms with Crippen LogP contribution in [0.3, 0.4) is 0 Å². The van der Waals surface area contributed by atoms with Crippen molar-refractivity contribution < 1.29 is 19.0 Å². The molecule has 0 unspecified atom stereocenters. The zero-order chi connectivity index (χ0) is 20.1. The van der Waals surface area contributed by atoms with E-state index in [0.717, 1.165) is 0 Å². The first kappa shape index (κ1) is 18.9. The second kappa shape index (κ2) is 8.22. The molecule has 8 nitrogen and oxygen atoms in total. The summed E-state index contributed by atoms with van der Waals surface area (Å²) < 4.78 is 17.0. The Balaban J connectivity index is 1.96. The number of fused-ring (bicyclic) bond motifs is 1. The van der Waals surface area contributed by atoms with Gasteiger partial charge in [-0.3, -0.25) is 9.36 Å². The van der Waals surface area contributed by atoms with Crippen LogP contribution in [0.25, 0.3) is 10.9 Å². The summed E-state index contributed by atoms with van der Waals surface area (Å²) in [5.74, 6) is 0.0724. The van der Waals surface area contributed by atoms with E-state index in [9.17, 15) is 9.59 Å². The van der Waals surface area contributed by atoms with Crippen LogP contribution in [-0.2, 0) is 17.9 Å².